The van der Waals surface area contributed by atoms with E-state index in [9.17, 15) is 14.0 Å². The van der Waals surface area contributed by atoms with Gasteiger partial charge >= 0.3 is 6.03 Å². The Hall–Kier alpha value is -1.63. The van der Waals surface area contributed by atoms with Gasteiger partial charge in [-0.1, -0.05) is 29.8 Å². The van der Waals surface area contributed by atoms with Crippen molar-refractivity contribution in [2.45, 2.75) is 26.3 Å². The van der Waals surface area contributed by atoms with E-state index in [4.69, 9.17) is 5.73 Å². The van der Waals surface area contributed by atoms with Crippen molar-refractivity contribution < 1.29 is 14.0 Å². The third-order valence-corrected chi connectivity index (χ3v) is 3.03. The van der Waals surface area contributed by atoms with E-state index in [-0.39, 0.29) is 11.6 Å². The number of benzene rings is 1. The number of rotatable bonds is 5. The number of hydrogen-bond acceptors (Lipinski definition) is 2. The molecule has 0 radical (unpaired) electrons. The normalized spacial score (nSPS) is 12.1. The molecular weight excluding hydrogens is 329 g/mol. The van der Waals surface area contributed by atoms with Crippen molar-refractivity contribution in [3.8, 4) is 0 Å². The average Bonchev–Trinajstić information content (AvgIpc) is 2.31. The first-order valence-electron chi connectivity index (χ1n) is 6.11. The maximum atomic E-state index is 13.6. The van der Waals surface area contributed by atoms with Crippen LogP contribution in [0.5, 0.6) is 0 Å². The zero-order valence-corrected chi connectivity index (χ0v) is 12.8. The molecule has 0 spiro atoms. The molecule has 0 aliphatic heterocycles. The molecule has 7 heteroatoms. The van der Waals surface area contributed by atoms with Gasteiger partial charge in [-0.15, -0.1) is 0 Å². The van der Waals surface area contributed by atoms with Crippen molar-refractivity contribution in [1.29, 1.82) is 0 Å². The van der Waals surface area contributed by atoms with Crippen LogP contribution in [0.3, 0.4) is 0 Å². The highest BCUT2D eigenvalue weighted by Gasteiger charge is 2.19. The number of primary amides is 1. The standard InChI is InChI=1S/C13H17BrFN3O2/c1-7(2)5-11(12(16)19)18-13(20)17-10-4-3-8(14)6-9(10)15/h3-4,6-7,11H,5H2,1-2H3,(H2,16,19)(H2,17,18,20)/t11-/m0/s1. The molecule has 0 aliphatic rings. The molecule has 0 fully saturated rings. The van der Waals surface area contributed by atoms with Crippen molar-refractivity contribution in [3.05, 3.63) is 28.5 Å². The average molecular weight is 346 g/mol. The van der Waals surface area contributed by atoms with Gasteiger partial charge in [0.15, 0.2) is 0 Å². The van der Waals surface area contributed by atoms with Gasteiger partial charge in [0.05, 0.1) is 5.69 Å². The minimum Gasteiger partial charge on any atom is -0.368 e. The molecule has 5 nitrogen and oxygen atoms in total. The second kappa shape index (κ2) is 7.23. The summed E-state index contributed by atoms with van der Waals surface area (Å²) in [5.74, 6) is -1.00. The highest BCUT2D eigenvalue weighted by Crippen LogP contribution is 2.19. The number of halogens is 2. The second-order valence-corrected chi connectivity index (χ2v) is 5.72. The number of amides is 3. The molecule has 0 heterocycles. The van der Waals surface area contributed by atoms with Crippen LogP contribution in [0.15, 0.2) is 22.7 Å². The van der Waals surface area contributed by atoms with Crippen LogP contribution in [0, 0.1) is 11.7 Å². The predicted molar refractivity (Wildman–Crippen MR) is 78.7 cm³/mol. The van der Waals surface area contributed by atoms with Crippen molar-refractivity contribution in [1.82, 2.24) is 5.32 Å². The fraction of sp³-hybridized carbons (Fsp3) is 0.385. The molecule has 1 atom stereocenters. The molecule has 0 unspecified atom stereocenters. The lowest BCUT2D eigenvalue weighted by Crippen LogP contribution is -2.46. The summed E-state index contributed by atoms with van der Waals surface area (Å²) in [6.45, 7) is 3.81. The lowest BCUT2D eigenvalue weighted by Gasteiger charge is -2.18. The summed E-state index contributed by atoms with van der Waals surface area (Å²) in [6, 6.07) is 2.79. The quantitative estimate of drug-likeness (QED) is 0.766. The van der Waals surface area contributed by atoms with Crippen molar-refractivity contribution in [2.75, 3.05) is 5.32 Å². The second-order valence-electron chi connectivity index (χ2n) is 4.81. The Bertz CT molecular complexity index is 508. The number of nitrogens with one attached hydrogen (secondary N) is 2. The van der Waals surface area contributed by atoms with Gasteiger partial charge in [0.25, 0.3) is 0 Å². The predicted octanol–water partition coefficient (Wildman–Crippen LogP) is 2.61. The first kappa shape index (κ1) is 16.4. The van der Waals surface area contributed by atoms with E-state index in [0.29, 0.717) is 10.9 Å². The first-order valence-corrected chi connectivity index (χ1v) is 6.90. The summed E-state index contributed by atoms with van der Waals surface area (Å²) in [7, 11) is 0. The van der Waals surface area contributed by atoms with Crippen molar-refractivity contribution in [2.24, 2.45) is 11.7 Å². The van der Waals surface area contributed by atoms with E-state index in [1.807, 2.05) is 13.8 Å². The zero-order valence-electron chi connectivity index (χ0n) is 11.2. The number of anilines is 1. The molecule has 1 rings (SSSR count). The maximum absolute atomic E-state index is 13.6. The Morgan fingerprint density at radius 1 is 1.40 bits per heavy atom. The number of carbonyl (C=O) groups is 2. The smallest absolute Gasteiger partial charge is 0.319 e. The number of carbonyl (C=O) groups excluding carboxylic acids is 2. The molecule has 3 amide bonds. The third kappa shape index (κ3) is 5.16. The molecule has 0 saturated heterocycles. The highest BCUT2D eigenvalue weighted by molar-refractivity contribution is 9.10. The number of nitrogens with two attached hydrogens (primary N) is 1. The van der Waals surface area contributed by atoms with Gasteiger partial charge in [-0.2, -0.15) is 0 Å². The molecule has 0 aliphatic carbocycles. The van der Waals surface area contributed by atoms with Crippen LogP contribution >= 0.6 is 15.9 Å². The van der Waals surface area contributed by atoms with Crippen LogP contribution < -0.4 is 16.4 Å². The monoisotopic (exact) mass is 345 g/mol. The van der Waals surface area contributed by atoms with E-state index in [2.05, 4.69) is 26.6 Å². The minimum absolute atomic E-state index is 0.0264. The topological polar surface area (TPSA) is 84.2 Å². The SMILES string of the molecule is CC(C)C[C@H](NC(=O)Nc1ccc(Br)cc1F)C(N)=O. The summed E-state index contributed by atoms with van der Waals surface area (Å²) in [6.07, 6.45) is 0.422. The molecule has 0 aromatic heterocycles. The minimum atomic E-state index is -0.784. The molecule has 1 aromatic carbocycles. The van der Waals surface area contributed by atoms with Gasteiger partial charge in [-0.25, -0.2) is 9.18 Å². The first-order chi connectivity index (χ1) is 9.29. The van der Waals surface area contributed by atoms with Crippen LogP contribution in [0.25, 0.3) is 0 Å². The van der Waals surface area contributed by atoms with Gasteiger partial charge in [-0.05, 0) is 30.5 Å². The fourth-order valence-electron chi connectivity index (χ4n) is 1.63. The van der Waals surface area contributed by atoms with Crippen LogP contribution in [-0.4, -0.2) is 18.0 Å². The zero-order chi connectivity index (χ0) is 15.3. The largest absolute Gasteiger partial charge is 0.368 e. The van der Waals surface area contributed by atoms with E-state index in [1.165, 1.54) is 12.1 Å². The Morgan fingerprint density at radius 3 is 2.55 bits per heavy atom. The summed E-state index contributed by atoms with van der Waals surface area (Å²) in [5, 5.41) is 4.78. The summed E-state index contributed by atoms with van der Waals surface area (Å²) < 4.78 is 14.1. The molecular formula is C13H17BrFN3O2. The van der Waals surface area contributed by atoms with E-state index >= 15 is 0 Å². The lowest BCUT2D eigenvalue weighted by atomic mass is 10.0. The van der Waals surface area contributed by atoms with Crippen LogP contribution in [0.2, 0.25) is 0 Å². The van der Waals surface area contributed by atoms with Gasteiger partial charge in [0.1, 0.15) is 11.9 Å². The molecule has 0 saturated carbocycles. The van der Waals surface area contributed by atoms with Crippen LogP contribution in [0.1, 0.15) is 20.3 Å². The maximum Gasteiger partial charge on any atom is 0.319 e. The van der Waals surface area contributed by atoms with Gasteiger partial charge in [0, 0.05) is 4.47 Å². The highest BCUT2D eigenvalue weighted by atomic mass is 79.9. The van der Waals surface area contributed by atoms with E-state index in [0.717, 1.165) is 0 Å². The molecule has 0 bridgehead atoms. The molecule has 1 aromatic rings. The van der Waals surface area contributed by atoms with Crippen LogP contribution in [0.4, 0.5) is 14.9 Å². The Balaban J connectivity index is 2.68. The van der Waals surface area contributed by atoms with E-state index < -0.39 is 23.8 Å². The Kier molecular flexibility index (Phi) is 5.94. The number of urea groups is 1. The Labute approximate surface area is 125 Å². The third-order valence-electron chi connectivity index (χ3n) is 2.54. The number of hydrogen-bond donors (Lipinski definition) is 3. The summed E-state index contributed by atoms with van der Waals surface area (Å²) in [4.78, 5) is 23.0. The molecule has 20 heavy (non-hydrogen) atoms. The molecule has 110 valence electrons. The van der Waals surface area contributed by atoms with Crippen molar-refractivity contribution >= 4 is 33.6 Å². The molecule has 4 N–H and O–H groups in total. The summed E-state index contributed by atoms with van der Waals surface area (Å²) in [5.41, 5.74) is 5.24. The van der Waals surface area contributed by atoms with Gasteiger partial charge < -0.3 is 16.4 Å². The van der Waals surface area contributed by atoms with E-state index in [1.54, 1.807) is 6.07 Å². The van der Waals surface area contributed by atoms with Gasteiger partial charge in [-0.3, -0.25) is 4.79 Å². The lowest BCUT2D eigenvalue weighted by molar-refractivity contribution is -0.120. The summed E-state index contributed by atoms with van der Waals surface area (Å²) >= 11 is 3.12. The Morgan fingerprint density at radius 2 is 2.05 bits per heavy atom. The van der Waals surface area contributed by atoms with Crippen LogP contribution in [-0.2, 0) is 4.79 Å². The fourth-order valence-corrected chi connectivity index (χ4v) is 1.96. The van der Waals surface area contributed by atoms with Crippen molar-refractivity contribution in [3.63, 3.8) is 0 Å². The van der Waals surface area contributed by atoms with Gasteiger partial charge in [0.2, 0.25) is 5.91 Å².